The van der Waals surface area contributed by atoms with Gasteiger partial charge in [-0.05, 0) is 28.8 Å². The average Bonchev–Trinajstić information content (AvgIpc) is 3.25. The van der Waals surface area contributed by atoms with Crippen LogP contribution in [0.1, 0.15) is 17.0 Å². The third-order valence-electron chi connectivity index (χ3n) is 5.59. The largest absolute Gasteiger partial charge is 0.378 e. The molecule has 1 nitrogen and oxygen atoms in total. The molecule has 26 heavy (non-hydrogen) atoms. The van der Waals surface area contributed by atoms with E-state index in [-0.39, 0.29) is 0 Å². The molecule has 0 bridgehead atoms. The van der Waals surface area contributed by atoms with Crippen LogP contribution in [0.2, 0.25) is 0 Å². The van der Waals surface area contributed by atoms with Crippen LogP contribution in [0.25, 0.3) is 25.7 Å². The van der Waals surface area contributed by atoms with Crippen molar-refractivity contribution in [3.63, 3.8) is 0 Å². The fraction of sp³-hybridized carbons (Fsp3) is 0.0833. The smallest absolute Gasteiger partial charge is 0.0557 e. The Kier molecular flexibility index (Phi) is 2.94. The van der Waals surface area contributed by atoms with Gasteiger partial charge in [0.05, 0.1) is 6.04 Å². The summed E-state index contributed by atoms with van der Waals surface area (Å²) >= 11 is 1.90. The number of hydrogen-bond acceptors (Lipinski definition) is 2. The summed E-state index contributed by atoms with van der Waals surface area (Å²) in [4.78, 5) is 0. The Labute approximate surface area is 156 Å². The lowest BCUT2D eigenvalue weighted by Crippen LogP contribution is -2.19. The third-order valence-corrected chi connectivity index (χ3v) is 6.81. The maximum absolute atomic E-state index is 3.69. The van der Waals surface area contributed by atoms with Gasteiger partial charge in [-0.1, -0.05) is 72.8 Å². The van der Waals surface area contributed by atoms with Gasteiger partial charge in [0.1, 0.15) is 0 Å². The van der Waals surface area contributed by atoms with Gasteiger partial charge in [-0.25, -0.2) is 0 Å². The lowest BCUT2D eigenvalue weighted by Gasteiger charge is -2.20. The Hall–Kier alpha value is -2.84. The van der Waals surface area contributed by atoms with Crippen molar-refractivity contribution in [1.29, 1.82) is 0 Å². The van der Waals surface area contributed by atoms with Gasteiger partial charge in [-0.15, -0.1) is 11.3 Å². The number of allylic oxidation sites excluding steroid dienone is 2. The molecule has 2 atom stereocenters. The summed E-state index contributed by atoms with van der Waals surface area (Å²) in [6, 6.07) is 24.4. The second-order valence-corrected chi connectivity index (χ2v) is 8.10. The minimum atomic E-state index is 0.344. The van der Waals surface area contributed by atoms with E-state index in [1.807, 2.05) is 11.3 Å². The normalized spacial score (nSPS) is 20.7. The highest BCUT2D eigenvalue weighted by molar-refractivity contribution is 7.26. The summed E-state index contributed by atoms with van der Waals surface area (Å²) in [6.45, 7) is 0. The van der Waals surface area contributed by atoms with Crippen molar-refractivity contribution >= 4 is 42.8 Å². The molecule has 4 aromatic rings. The SMILES string of the molecule is C1=CC2c3ccccc3NC2C=C1c1cccc2c1sc1ccccc12. The van der Waals surface area contributed by atoms with Gasteiger partial charge in [0.25, 0.3) is 0 Å². The number of anilines is 1. The first kappa shape index (κ1) is 14.3. The summed E-state index contributed by atoms with van der Waals surface area (Å²) in [5.41, 5.74) is 5.34. The minimum absolute atomic E-state index is 0.344. The van der Waals surface area contributed by atoms with Gasteiger partial charge in [0.15, 0.2) is 0 Å². The predicted octanol–water partition coefficient (Wildman–Crippen LogP) is 6.59. The van der Waals surface area contributed by atoms with Crippen LogP contribution in [-0.4, -0.2) is 6.04 Å². The molecule has 0 radical (unpaired) electrons. The molecule has 1 aliphatic heterocycles. The number of nitrogens with one attached hydrogen (secondary N) is 1. The fourth-order valence-electron chi connectivity index (χ4n) is 4.36. The summed E-state index contributed by atoms with van der Waals surface area (Å²) in [6.07, 6.45) is 7.08. The highest BCUT2D eigenvalue weighted by Crippen LogP contribution is 2.43. The lowest BCUT2D eigenvalue weighted by molar-refractivity contribution is 0.808. The van der Waals surface area contributed by atoms with Crippen molar-refractivity contribution in [2.75, 3.05) is 5.32 Å². The Morgan fingerprint density at radius 3 is 2.65 bits per heavy atom. The summed E-state index contributed by atoms with van der Waals surface area (Å²) < 4.78 is 2.75. The van der Waals surface area contributed by atoms with Crippen molar-refractivity contribution in [2.45, 2.75) is 12.0 Å². The number of hydrogen-bond donors (Lipinski definition) is 1. The minimum Gasteiger partial charge on any atom is -0.378 e. The average molecular weight is 351 g/mol. The van der Waals surface area contributed by atoms with E-state index in [1.165, 1.54) is 42.6 Å². The molecule has 0 fully saturated rings. The summed E-state index contributed by atoms with van der Waals surface area (Å²) in [5.74, 6) is 0.441. The van der Waals surface area contributed by atoms with Crippen LogP contribution in [0.5, 0.6) is 0 Å². The zero-order chi connectivity index (χ0) is 17.1. The van der Waals surface area contributed by atoms with E-state index in [9.17, 15) is 0 Å². The second kappa shape index (κ2) is 5.33. The van der Waals surface area contributed by atoms with E-state index in [0.717, 1.165) is 0 Å². The third kappa shape index (κ3) is 1.96. The molecule has 2 heteroatoms. The molecular weight excluding hydrogens is 334 g/mol. The van der Waals surface area contributed by atoms with Gasteiger partial charge < -0.3 is 5.32 Å². The molecule has 2 heterocycles. The van der Waals surface area contributed by atoms with Gasteiger partial charge in [-0.3, -0.25) is 0 Å². The van der Waals surface area contributed by atoms with E-state index < -0.39 is 0 Å². The van der Waals surface area contributed by atoms with E-state index in [4.69, 9.17) is 0 Å². The van der Waals surface area contributed by atoms with Gasteiger partial charge in [-0.2, -0.15) is 0 Å². The van der Waals surface area contributed by atoms with E-state index in [1.54, 1.807) is 0 Å². The molecular formula is C24H17NS. The topological polar surface area (TPSA) is 12.0 Å². The molecule has 6 rings (SSSR count). The standard InChI is InChI=1S/C24H17NS/c1-3-10-21-17(6-1)18-13-12-15(14-22(18)25-21)16-8-5-9-20-19-7-2-4-11-23(19)26-24(16)20/h1-14,18,22,25H. The van der Waals surface area contributed by atoms with Crippen molar-refractivity contribution < 1.29 is 0 Å². The van der Waals surface area contributed by atoms with Crippen LogP contribution in [0.3, 0.4) is 0 Å². The van der Waals surface area contributed by atoms with E-state index >= 15 is 0 Å². The van der Waals surface area contributed by atoms with Gasteiger partial charge >= 0.3 is 0 Å². The fourth-order valence-corrected chi connectivity index (χ4v) is 5.60. The zero-order valence-electron chi connectivity index (χ0n) is 14.1. The summed E-state index contributed by atoms with van der Waals surface area (Å²) in [7, 11) is 0. The zero-order valence-corrected chi connectivity index (χ0v) is 15.0. The van der Waals surface area contributed by atoms with Crippen LogP contribution in [0.4, 0.5) is 5.69 Å². The number of benzene rings is 3. The Balaban J connectivity index is 1.50. The Morgan fingerprint density at radius 2 is 1.65 bits per heavy atom. The quantitative estimate of drug-likeness (QED) is 0.408. The Bertz CT molecular complexity index is 1230. The molecule has 2 unspecified atom stereocenters. The monoisotopic (exact) mass is 351 g/mol. The van der Waals surface area contributed by atoms with Crippen molar-refractivity contribution in [3.05, 3.63) is 96.1 Å². The molecule has 0 saturated carbocycles. The molecule has 1 aliphatic carbocycles. The number of thiophene rings is 1. The first-order valence-electron chi connectivity index (χ1n) is 9.04. The van der Waals surface area contributed by atoms with Crippen LogP contribution in [0.15, 0.2) is 85.0 Å². The first-order valence-corrected chi connectivity index (χ1v) is 9.86. The highest BCUT2D eigenvalue weighted by Gasteiger charge is 2.31. The molecule has 0 saturated heterocycles. The molecule has 2 aliphatic rings. The second-order valence-electron chi connectivity index (χ2n) is 7.04. The number of rotatable bonds is 1. The van der Waals surface area contributed by atoms with Gasteiger partial charge in [0, 0.05) is 31.8 Å². The van der Waals surface area contributed by atoms with Gasteiger partial charge in [0.2, 0.25) is 0 Å². The van der Waals surface area contributed by atoms with Crippen molar-refractivity contribution in [3.8, 4) is 0 Å². The van der Waals surface area contributed by atoms with Crippen LogP contribution >= 0.6 is 11.3 Å². The highest BCUT2D eigenvalue weighted by atomic mass is 32.1. The molecule has 0 amide bonds. The van der Waals surface area contributed by atoms with Crippen molar-refractivity contribution in [2.24, 2.45) is 0 Å². The van der Waals surface area contributed by atoms with Crippen molar-refractivity contribution in [1.82, 2.24) is 0 Å². The van der Waals surface area contributed by atoms with E-state index in [2.05, 4.69) is 90.3 Å². The molecule has 1 aromatic heterocycles. The first-order chi connectivity index (χ1) is 12.9. The maximum Gasteiger partial charge on any atom is 0.0557 e. The van der Waals surface area contributed by atoms with E-state index in [0.29, 0.717) is 12.0 Å². The van der Waals surface area contributed by atoms with Crippen LogP contribution < -0.4 is 5.32 Å². The van der Waals surface area contributed by atoms with Crippen LogP contribution in [-0.2, 0) is 0 Å². The number of fused-ring (bicyclic) bond motifs is 6. The summed E-state index contributed by atoms with van der Waals surface area (Å²) in [5, 5.41) is 6.41. The lowest BCUT2D eigenvalue weighted by atomic mass is 9.87. The Morgan fingerprint density at radius 1 is 0.808 bits per heavy atom. The maximum atomic E-state index is 3.69. The molecule has 1 N–H and O–H groups in total. The number of para-hydroxylation sites is 1. The van der Waals surface area contributed by atoms with Crippen LogP contribution in [0, 0.1) is 0 Å². The molecule has 0 spiro atoms. The molecule has 3 aromatic carbocycles. The predicted molar refractivity (Wildman–Crippen MR) is 113 cm³/mol. The molecule has 124 valence electrons.